The fraction of sp³-hybridized carbons (Fsp3) is 0.179. The first-order valence-electron chi connectivity index (χ1n) is 11.8. The Morgan fingerprint density at radius 3 is 2.53 bits per heavy atom. The van der Waals surface area contributed by atoms with Crippen molar-refractivity contribution in [1.82, 2.24) is 9.71 Å². The topological polar surface area (TPSA) is 101 Å². The maximum absolute atomic E-state index is 13.2. The first kappa shape index (κ1) is 21.9. The molecule has 8 heteroatoms. The zero-order chi connectivity index (χ0) is 25.0. The molecule has 0 saturated heterocycles. The van der Waals surface area contributed by atoms with E-state index in [1.165, 1.54) is 11.1 Å². The Morgan fingerprint density at radius 1 is 1.03 bits per heavy atom. The van der Waals surface area contributed by atoms with Gasteiger partial charge in [0.25, 0.3) is 5.56 Å². The summed E-state index contributed by atoms with van der Waals surface area (Å²) < 4.78 is 6.87. The molecule has 3 heterocycles. The van der Waals surface area contributed by atoms with Crippen molar-refractivity contribution >= 4 is 33.4 Å². The first-order valence-corrected chi connectivity index (χ1v) is 11.8. The van der Waals surface area contributed by atoms with Gasteiger partial charge in [0.1, 0.15) is 11.9 Å². The first-order chi connectivity index (χ1) is 17.4. The molecule has 1 aliphatic heterocycles. The normalized spacial score (nSPS) is 13.8. The second-order valence-corrected chi connectivity index (χ2v) is 9.26. The largest absolute Gasteiger partial charge is 0.440 e. The molecule has 0 unspecified atom stereocenters. The molecular formula is C28H24N4O4. The minimum absolute atomic E-state index is 0.100. The van der Waals surface area contributed by atoms with E-state index < -0.39 is 5.56 Å². The lowest BCUT2D eigenvalue weighted by atomic mass is 10.0. The van der Waals surface area contributed by atoms with Gasteiger partial charge in [-0.05, 0) is 48.7 Å². The molecule has 0 fully saturated rings. The smallest absolute Gasteiger partial charge is 0.295 e. The third-order valence-electron chi connectivity index (χ3n) is 6.75. The van der Waals surface area contributed by atoms with Crippen LogP contribution in [0.15, 0.2) is 81.0 Å². The van der Waals surface area contributed by atoms with Crippen molar-refractivity contribution < 1.29 is 9.62 Å². The van der Waals surface area contributed by atoms with Gasteiger partial charge in [-0.25, -0.2) is 4.98 Å². The summed E-state index contributed by atoms with van der Waals surface area (Å²) in [6.45, 7) is 5.23. The predicted molar refractivity (Wildman–Crippen MR) is 139 cm³/mol. The van der Waals surface area contributed by atoms with E-state index in [-0.39, 0.29) is 16.9 Å². The molecule has 8 nitrogen and oxygen atoms in total. The summed E-state index contributed by atoms with van der Waals surface area (Å²) in [7, 11) is 0. The molecule has 0 radical (unpaired) electrons. The summed E-state index contributed by atoms with van der Waals surface area (Å²) in [5.74, 6) is 0.526. The van der Waals surface area contributed by atoms with E-state index in [1.807, 2.05) is 38.1 Å². The molecule has 0 aliphatic carbocycles. The fourth-order valence-electron chi connectivity index (χ4n) is 4.98. The molecule has 6 rings (SSSR count). The lowest BCUT2D eigenvalue weighted by Crippen LogP contribution is -2.20. The summed E-state index contributed by atoms with van der Waals surface area (Å²) in [4.78, 5) is 32.0. The molecule has 0 spiro atoms. The van der Waals surface area contributed by atoms with Crippen molar-refractivity contribution in [3.05, 3.63) is 110 Å². The van der Waals surface area contributed by atoms with Gasteiger partial charge in [-0.2, -0.15) is 0 Å². The number of hydrogen-bond acceptors (Lipinski definition) is 7. The number of anilines is 2. The molecule has 0 bridgehead atoms. The van der Waals surface area contributed by atoms with Gasteiger partial charge in [0.05, 0.1) is 22.3 Å². The van der Waals surface area contributed by atoms with Crippen LogP contribution in [0.4, 0.5) is 11.6 Å². The summed E-state index contributed by atoms with van der Waals surface area (Å²) in [5, 5.41) is 14.0. The van der Waals surface area contributed by atoms with E-state index >= 15 is 0 Å². The Morgan fingerprint density at radius 2 is 1.78 bits per heavy atom. The monoisotopic (exact) mass is 480 g/mol. The minimum atomic E-state index is -0.563. The van der Waals surface area contributed by atoms with Crippen molar-refractivity contribution in [2.75, 3.05) is 10.2 Å². The molecule has 0 saturated carbocycles. The van der Waals surface area contributed by atoms with E-state index in [4.69, 9.17) is 4.42 Å². The molecule has 1 atom stereocenters. The number of benzene rings is 3. The highest BCUT2D eigenvalue weighted by Gasteiger charge is 2.23. The van der Waals surface area contributed by atoms with E-state index in [9.17, 15) is 14.8 Å². The second-order valence-electron chi connectivity index (χ2n) is 9.26. The van der Waals surface area contributed by atoms with Gasteiger partial charge >= 0.3 is 0 Å². The summed E-state index contributed by atoms with van der Waals surface area (Å²) in [5.41, 5.74) is 5.02. The summed E-state index contributed by atoms with van der Waals surface area (Å²) in [6.07, 6.45) is 1.08. The third-order valence-corrected chi connectivity index (χ3v) is 6.75. The van der Waals surface area contributed by atoms with E-state index in [0.29, 0.717) is 45.9 Å². The van der Waals surface area contributed by atoms with Crippen LogP contribution in [0.1, 0.15) is 35.2 Å². The van der Waals surface area contributed by atoms with Crippen molar-refractivity contribution in [2.45, 2.75) is 33.0 Å². The van der Waals surface area contributed by atoms with Crippen LogP contribution in [0.3, 0.4) is 0 Å². The minimum Gasteiger partial charge on any atom is -0.440 e. The average Bonchev–Trinajstić information content (AvgIpc) is 3.31. The van der Waals surface area contributed by atoms with Crippen molar-refractivity contribution in [1.29, 1.82) is 0 Å². The van der Waals surface area contributed by atoms with E-state index in [0.717, 1.165) is 17.5 Å². The highest BCUT2D eigenvalue weighted by molar-refractivity contribution is 5.91. The van der Waals surface area contributed by atoms with Crippen molar-refractivity contribution in [3.63, 3.8) is 0 Å². The maximum Gasteiger partial charge on any atom is 0.295 e. The van der Waals surface area contributed by atoms with Gasteiger partial charge in [-0.15, -0.1) is 4.73 Å². The Kier molecular flexibility index (Phi) is 5.03. The van der Waals surface area contributed by atoms with Crippen LogP contribution in [0, 0.1) is 6.92 Å². The van der Waals surface area contributed by atoms with Crippen LogP contribution < -0.4 is 21.2 Å². The Bertz CT molecular complexity index is 1750. The number of rotatable bonds is 4. The van der Waals surface area contributed by atoms with Crippen molar-refractivity contribution in [3.8, 4) is 0 Å². The van der Waals surface area contributed by atoms with E-state index in [1.54, 1.807) is 24.3 Å². The molecule has 3 aromatic carbocycles. The van der Waals surface area contributed by atoms with Crippen LogP contribution in [0.2, 0.25) is 0 Å². The number of aromatic nitrogens is 2. The number of aryl methyl sites for hydroxylation is 1. The molecule has 0 amide bonds. The van der Waals surface area contributed by atoms with Crippen LogP contribution in [0.25, 0.3) is 21.9 Å². The Balaban J connectivity index is 1.44. The SMILES string of the molecule is Cc1cc([C@@H](C)Nc2cccc3ncn(O)c(=O)c23)c2oc(N3Cc4ccccc4C3)cc(=O)c2c1. The number of hydrogen-bond donors (Lipinski definition) is 2. The highest BCUT2D eigenvalue weighted by atomic mass is 16.5. The lowest BCUT2D eigenvalue weighted by Gasteiger charge is -2.21. The number of nitrogens with zero attached hydrogens (tertiary/aromatic N) is 3. The molecule has 36 heavy (non-hydrogen) atoms. The maximum atomic E-state index is 13.2. The third kappa shape index (κ3) is 3.58. The highest BCUT2D eigenvalue weighted by Crippen LogP contribution is 2.33. The van der Waals surface area contributed by atoms with Crippen LogP contribution in [-0.4, -0.2) is 14.9 Å². The standard InChI is InChI=1S/C28H24N4O4/c1-16-10-20(17(2)30-23-9-5-8-22-26(23)28(34)32(35)15-29-22)27-21(11-16)24(33)12-25(36-27)31-13-18-6-3-4-7-19(18)14-31/h3-12,15,17,30,35H,13-14H2,1-2H3/t17-/m1/s1. The van der Waals surface area contributed by atoms with Gasteiger partial charge in [0.15, 0.2) is 5.43 Å². The second kappa shape index (κ2) is 8.27. The Hall–Kier alpha value is -4.59. The molecule has 1 aliphatic rings. The molecule has 2 aromatic heterocycles. The summed E-state index contributed by atoms with van der Waals surface area (Å²) in [6, 6.07) is 18.6. The van der Waals surface area contributed by atoms with Crippen LogP contribution in [-0.2, 0) is 13.1 Å². The van der Waals surface area contributed by atoms with Gasteiger partial charge < -0.3 is 19.8 Å². The quantitative estimate of drug-likeness (QED) is 0.358. The van der Waals surface area contributed by atoms with Crippen LogP contribution in [0.5, 0.6) is 0 Å². The zero-order valence-electron chi connectivity index (χ0n) is 19.9. The summed E-state index contributed by atoms with van der Waals surface area (Å²) >= 11 is 0. The van der Waals surface area contributed by atoms with Crippen molar-refractivity contribution in [2.24, 2.45) is 0 Å². The number of fused-ring (bicyclic) bond motifs is 3. The van der Waals surface area contributed by atoms with Gasteiger partial charge in [0.2, 0.25) is 5.88 Å². The lowest BCUT2D eigenvalue weighted by molar-refractivity contribution is 0.173. The van der Waals surface area contributed by atoms with E-state index in [2.05, 4.69) is 27.3 Å². The number of nitrogens with one attached hydrogen (secondary N) is 1. The van der Waals surface area contributed by atoms with Crippen LogP contribution >= 0.6 is 0 Å². The molecule has 180 valence electrons. The van der Waals surface area contributed by atoms with Gasteiger partial charge in [-0.3, -0.25) is 9.59 Å². The predicted octanol–water partition coefficient (Wildman–Crippen LogP) is 4.74. The molecule has 5 aromatic rings. The zero-order valence-corrected chi connectivity index (χ0v) is 19.9. The molecule has 2 N–H and O–H groups in total. The Labute approximate surface area is 206 Å². The fourth-order valence-corrected chi connectivity index (χ4v) is 4.98. The average molecular weight is 481 g/mol. The molecular weight excluding hydrogens is 456 g/mol. The van der Waals surface area contributed by atoms with Gasteiger partial charge in [-0.1, -0.05) is 36.4 Å². The van der Waals surface area contributed by atoms with Gasteiger partial charge in [0, 0.05) is 30.4 Å².